The molecule has 7 heteroatoms. The molecule has 0 aliphatic carbocycles. The average Bonchev–Trinajstić information content (AvgIpc) is 3.14. The number of amides is 1. The quantitative estimate of drug-likeness (QED) is 0.575. The molecule has 28 heavy (non-hydrogen) atoms. The molecule has 0 saturated heterocycles. The number of hydrogen-bond donors (Lipinski definition) is 1. The molecule has 0 bridgehead atoms. The van der Waals surface area contributed by atoms with Crippen molar-refractivity contribution in [2.24, 2.45) is 0 Å². The smallest absolute Gasteiger partial charge is 0.276 e. The van der Waals surface area contributed by atoms with Gasteiger partial charge < -0.3 is 9.73 Å². The van der Waals surface area contributed by atoms with Crippen LogP contribution in [0.4, 0.5) is 5.69 Å². The highest BCUT2D eigenvalue weighted by Crippen LogP contribution is 2.25. The van der Waals surface area contributed by atoms with E-state index in [9.17, 15) is 9.59 Å². The lowest BCUT2D eigenvalue weighted by atomic mass is 10.2. The number of carbonyl (C=O) groups is 1. The molecule has 0 unspecified atom stereocenters. The Morgan fingerprint density at radius 2 is 1.86 bits per heavy atom. The van der Waals surface area contributed by atoms with Crippen LogP contribution in [-0.4, -0.2) is 20.7 Å². The van der Waals surface area contributed by atoms with E-state index in [1.807, 2.05) is 43.3 Å². The van der Waals surface area contributed by atoms with Gasteiger partial charge in [0, 0.05) is 23.9 Å². The molecule has 0 spiro atoms. The summed E-state index contributed by atoms with van der Waals surface area (Å²) >= 11 is 0. The van der Waals surface area contributed by atoms with Crippen LogP contribution in [0.2, 0.25) is 0 Å². The Balaban J connectivity index is 1.52. The Bertz CT molecular complexity index is 1160. The summed E-state index contributed by atoms with van der Waals surface area (Å²) in [4.78, 5) is 28.6. The van der Waals surface area contributed by atoms with Gasteiger partial charge in [-0.25, -0.2) is 9.67 Å². The second-order valence-electron chi connectivity index (χ2n) is 6.30. The van der Waals surface area contributed by atoms with E-state index in [1.54, 1.807) is 12.1 Å². The van der Waals surface area contributed by atoms with Gasteiger partial charge in [0.25, 0.3) is 11.5 Å². The third-order valence-electron chi connectivity index (χ3n) is 4.22. The summed E-state index contributed by atoms with van der Waals surface area (Å²) in [7, 11) is 0. The van der Waals surface area contributed by atoms with Crippen molar-refractivity contribution in [1.29, 1.82) is 0 Å². The minimum atomic E-state index is -0.375. The van der Waals surface area contributed by atoms with Crippen LogP contribution in [0.15, 0.2) is 69.9 Å². The maximum absolute atomic E-state index is 12.4. The van der Waals surface area contributed by atoms with Crippen LogP contribution in [0, 0.1) is 0 Å². The van der Waals surface area contributed by atoms with E-state index in [0.717, 1.165) is 23.1 Å². The zero-order valence-electron chi connectivity index (χ0n) is 15.3. The zero-order valence-corrected chi connectivity index (χ0v) is 15.3. The molecular weight excluding hydrogens is 356 g/mol. The fourth-order valence-corrected chi connectivity index (χ4v) is 2.83. The number of nitrogens with zero attached hydrogens (tertiary/aromatic N) is 3. The number of carbonyl (C=O) groups excluding carboxylic acids is 1. The van der Waals surface area contributed by atoms with E-state index in [4.69, 9.17) is 4.42 Å². The fraction of sp³-hybridized carbons (Fsp3) is 0.143. The first-order valence-corrected chi connectivity index (χ1v) is 8.99. The largest absolute Gasteiger partial charge is 0.436 e. The lowest BCUT2D eigenvalue weighted by molar-refractivity contribution is 0.101. The zero-order chi connectivity index (χ0) is 19.5. The number of nitrogens with one attached hydrogen (secondary N) is 1. The molecule has 0 aliphatic rings. The fourth-order valence-electron chi connectivity index (χ4n) is 2.83. The standard InChI is InChI=1S/C21H18N4O3/c1-2-13-25-19(26)12-11-17(24-25)20(27)22-15-9-7-14(8-10-15)21-23-16-5-3-4-6-18(16)28-21/h3-12H,2,13H2,1H3,(H,22,27). The molecule has 0 fully saturated rings. The number of hydrogen-bond acceptors (Lipinski definition) is 5. The first kappa shape index (κ1) is 17.7. The molecule has 4 rings (SSSR count). The van der Waals surface area contributed by atoms with Gasteiger partial charge in [-0.3, -0.25) is 9.59 Å². The highest BCUT2D eigenvalue weighted by molar-refractivity contribution is 6.02. The average molecular weight is 374 g/mol. The predicted octanol–water partition coefficient (Wildman–Crippen LogP) is 3.71. The Morgan fingerprint density at radius 1 is 1.07 bits per heavy atom. The molecule has 1 amide bonds. The number of aromatic nitrogens is 3. The van der Waals surface area contributed by atoms with E-state index in [-0.39, 0.29) is 17.2 Å². The third kappa shape index (κ3) is 3.55. The number of rotatable bonds is 5. The second-order valence-corrected chi connectivity index (χ2v) is 6.30. The highest BCUT2D eigenvalue weighted by atomic mass is 16.3. The van der Waals surface area contributed by atoms with Crippen molar-refractivity contribution in [3.05, 3.63) is 76.7 Å². The summed E-state index contributed by atoms with van der Waals surface area (Å²) in [5.41, 5.74) is 2.91. The SMILES string of the molecule is CCCn1nc(C(=O)Nc2ccc(-c3nc4ccccc4o3)cc2)ccc1=O. The first-order valence-electron chi connectivity index (χ1n) is 8.99. The first-order chi connectivity index (χ1) is 13.6. The van der Waals surface area contributed by atoms with Gasteiger partial charge >= 0.3 is 0 Å². The van der Waals surface area contributed by atoms with Gasteiger partial charge in [0.05, 0.1) is 0 Å². The van der Waals surface area contributed by atoms with Crippen LogP contribution >= 0.6 is 0 Å². The monoisotopic (exact) mass is 374 g/mol. The summed E-state index contributed by atoms with van der Waals surface area (Å²) in [6.07, 6.45) is 0.759. The Hall–Kier alpha value is -3.74. The van der Waals surface area contributed by atoms with Crippen LogP contribution in [0.1, 0.15) is 23.8 Å². The van der Waals surface area contributed by atoms with Crippen LogP contribution in [0.3, 0.4) is 0 Å². The van der Waals surface area contributed by atoms with Gasteiger partial charge in [0.15, 0.2) is 5.58 Å². The van der Waals surface area contributed by atoms with Crippen LogP contribution < -0.4 is 10.9 Å². The normalized spacial score (nSPS) is 10.9. The van der Waals surface area contributed by atoms with Crippen molar-refractivity contribution in [2.75, 3.05) is 5.32 Å². The topological polar surface area (TPSA) is 90.0 Å². The van der Waals surface area contributed by atoms with E-state index in [0.29, 0.717) is 18.1 Å². The second kappa shape index (κ2) is 7.48. The van der Waals surface area contributed by atoms with Crippen molar-refractivity contribution in [3.63, 3.8) is 0 Å². The summed E-state index contributed by atoms with van der Waals surface area (Å²) < 4.78 is 7.05. The molecular formula is C21H18N4O3. The molecule has 0 saturated carbocycles. The number of aryl methyl sites for hydroxylation is 1. The van der Waals surface area contributed by atoms with Crippen LogP contribution in [0.5, 0.6) is 0 Å². The van der Waals surface area contributed by atoms with Crippen LogP contribution in [-0.2, 0) is 6.54 Å². The van der Waals surface area contributed by atoms with E-state index in [1.165, 1.54) is 16.8 Å². The third-order valence-corrected chi connectivity index (χ3v) is 4.22. The van der Waals surface area contributed by atoms with Crippen molar-refractivity contribution in [2.45, 2.75) is 19.9 Å². The lowest BCUT2D eigenvalue weighted by Crippen LogP contribution is -2.26. The Kier molecular flexibility index (Phi) is 4.72. The summed E-state index contributed by atoms with van der Waals surface area (Å²) in [5, 5.41) is 6.90. The van der Waals surface area contributed by atoms with E-state index in [2.05, 4.69) is 15.4 Å². The number of para-hydroxylation sites is 2. The van der Waals surface area contributed by atoms with Crippen LogP contribution in [0.25, 0.3) is 22.6 Å². The molecule has 0 atom stereocenters. The number of benzene rings is 2. The molecule has 2 aromatic carbocycles. The number of anilines is 1. The van der Waals surface area contributed by atoms with Gasteiger partial charge in [-0.2, -0.15) is 5.10 Å². The number of oxazole rings is 1. The van der Waals surface area contributed by atoms with Crippen molar-refractivity contribution in [3.8, 4) is 11.5 Å². The van der Waals surface area contributed by atoms with Crippen molar-refractivity contribution in [1.82, 2.24) is 14.8 Å². The van der Waals surface area contributed by atoms with Crippen molar-refractivity contribution >= 4 is 22.7 Å². The minimum Gasteiger partial charge on any atom is -0.436 e. The van der Waals surface area contributed by atoms with Gasteiger partial charge in [-0.05, 0) is 48.9 Å². The van der Waals surface area contributed by atoms with Gasteiger partial charge in [0.1, 0.15) is 11.2 Å². The maximum atomic E-state index is 12.4. The molecule has 0 aliphatic heterocycles. The van der Waals surface area contributed by atoms with Gasteiger partial charge in [-0.15, -0.1) is 0 Å². The summed E-state index contributed by atoms with van der Waals surface area (Å²) in [6.45, 7) is 2.42. The molecule has 2 aromatic heterocycles. The predicted molar refractivity (Wildman–Crippen MR) is 106 cm³/mol. The molecule has 4 aromatic rings. The molecule has 2 heterocycles. The molecule has 140 valence electrons. The Morgan fingerprint density at radius 3 is 2.61 bits per heavy atom. The van der Waals surface area contributed by atoms with Gasteiger partial charge in [-0.1, -0.05) is 19.1 Å². The van der Waals surface area contributed by atoms with Crippen molar-refractivity contribution < 1.29 is 9.21 Å². The highest BCUT2D eigenvalue weighted by Gasteiger charge is 2.11. The van der Waals surface area contributed by atoms with E-state index < -0.39 is 0 Å². The maximum Gasteiger partial charge on any atom is 0.276 e. The Labute approximate surface area is 160 Å². The van der Waals surface area contributed by atoms with Gasteiger partial charge in [0.2, 0.25) is 5.89 Å². The van der Waals surface area contributed by atoms with E-state index >= 15 is 0 Å². The summed E-state index contributed by atoms with van der Waals surface area (Å²) in [6, 6.07) is 17.5. The summed E-state index contributed by atoms with van der Waals surface area (Å²) in [5.74, 6) is 0.145. The molecule has 0 radical (unpaired) electrons. The number of fused-ring (bicyclic) bond motifs is 1. The molecule has 7 nitrogen and oxygen atoms in total. The minimum absolute atomic E-state index is 0.191. The lowest BCUT2D eigenvalue weighted by Gasteiger charge is -2.07. The molecule has 1 N–H and O–H groups in total.